The summed E-state index contributed by atoms with van der Waals surface area (Å²) in [6, 6.07) is -0.0933. The molecular weight excluding hydrogens is 260 g/mol. The number of aliphatic hydroxyl groups excluding tert-OH is 1. The molecule has 3 unspecified atom stereocenters. The number of hydrogen-bond acceptors (Lipinski definition) is 4. The number of carboxylic acid groups (broad SMARTS) is 1. The van der Waals surface area contributed by atoms with E-state index in [9.17, 15) is 14.7 Å². The van der Waals surface area contributed by atoms with Crippen molar-refractivity contribution in [2.45, 2.75) is 45.8 Å². The number of hydrogen-bond donors (Lipinski definition) is 3. The lowest BCUT2D eigenvalue weighted by molar-refractivity contribution is -0.139. The van der Waals surface area contributed by atoms with Crippen LogP contribution in [0.2, 0.25) is 0 Å². The molecule has 0 aromatic carbocycles. The largest absolute Gasteiger partial charge is 0.480 e. The van der Waals surface area contributed by atoms with E-state index in [0.717, 1.165) is 0 Å². The highest BCUT2D eigenvalue weighted by Gasteiger charge is 2.32. The monoisotopic (exact) mass is 286 g/mol. The molecule has 116 valence electrons. The number of likely N-dealkylation sites (tertiary alicyclic amines) is 1. The first-order valence-corrected chi connectivity index (χ1v) is 7.26. The molecule has 1 saturated heterocycles. The molecule has 1 amide bonds. The van der Waals surface area contributed by atoms with Crippen molar-refractivity contribution in [1.82, 2.24) is 10.2 Å². The number of carbonyl (C=O) groups excluding carboxylic acids is 1. The number of carboxylic acids is 1. The van der Waals surface area contributed by atoms with Gasteiger partial charge in [-0.25, -0.2) is 0 Å². The van der Waals surface area contributed by atoms with Crippen molar-refractivity contribution < 1.29 is 19.8 Å². The van der Waals surface area contributed by atoms with Crippen molar-refractivity contribution in [2.24, 2.45) is 11.8 Å². The molecule has 1 aliphatic heterocycles. The third-order valence-corrected chi connectivity index (χ3v) is 3.75. The molecule has 0 aromatic heterocycles. The van der Waals surface area contributed by atoms with Crippen molar-refractivity contribution in [2.75, 3.05) is 19.6 Å². The molecule has 0 spiro atoms. The Bertz CT molecular complexity index is 346. The highest BCUT2D eigenvalue weighted by atomic mass is 16.4. The fourth-order valence-corrected chi connectivity index (χ4v) is 2.64. The van der Waals surface area contributed by atoms with Crippen molar-refractivity contribution in [3.05, 3.63) is 0 Å². The van der Waals surface area contributed by atoms with Crippen LogP contribution in [0.15, 0.2) is 0 Å². The minimum Gasteiger partial charge on any atom is -0.480 e. The topological polar surface area (TPSA) is 89.9 Å². The number of nitrogens with one attached hydrogen (secondary N) is 1. The molecule has 1 rings (SSSR count). The minimum atomic E-state index is -0.884. The number of nitrogens with zero attached hydrogens (tertiary/aromatic N) is 1. The molecule has 1 heterocycles. The number of amides is 1. The van der Waals surface area contributed by atoms with Crippen LogP contribution in [0.3, 0.4) is 0 Å². The quantitative estimate of drug-likeness (QED) is 0.653. The smallest absolute Gasteiger partial charge is 0.317 e. The molecule has 1 fully saturated rings. The summed E-state index contributed by atoms with van der Waals surface area (Å²) in [5, 5.41) is 21.9. The van der Waals surface area contributed by atoms with Gasteiger partial charge >= 0.3 is 5.97 Å². The Hall–Kier alpha value is -1.14. The van der Waals surface area contributed by atoms with E-state index in [-0.39, 0.29) is 30.3 Å². The Morgan fingerprint density at radius 1 is 1.35 bits per heavy atom. The second-order valence-corrected chi connectivity index (χ2v) is 5.92. The van der Waals surface area contributed by atoms with E-state index in [1.54, 1.807) is 4.90 Å². The summed E-state index contributed by atoms with van der Waals surface area (Å²) < 4.78 is 0. The van der Waals surface area contributed by atoms with Gasteiger partial charge in [0.1, 0.15) is 0 Å². The highest BCUT2D eigenvalue weighted by Crippen LogP contribution is 2.22. The summed E-state index contributed by atoms with van der Waals surface area (Å²) in [5.74, 6) is -1.01. The van der Waals surface area contributed by atoms with Crippen LogP contribution in [0, 0.1) is 11.8 Å². The fourth-order valence-electron chi connectivity index (χ4n) is 2.64. The number of carbonyl (C=O) groups is 2. The van der Waals surface area contributed by atoms with Gasteiger partial charge in [0.05, 0.1) is 12.6 Å². The standard InChI is InChI=1S/C14H26N2O4/c1-4-12(17)10-5-11(15-14(20)9(2)3)7-16(6-10)8-13(18)19/h9-12,17H,4-8H2,1-3H3,(H,15,20)(H,18,19). The summed E-state index contributed by atoms with van der Waals surface area (Å²) in [7, 11) is 0. The lowest BCUT2D eigenvalue weighted by Crippen LogP contribution is -2.54. The van der Waals surface area contributed by atoms with Gasteiger partial charge in [-0.1, -0.05) is 20.8 Å². The maximum absolute atomic E-state index is 11.8. The van der Waals surface area contributed by atoms with E-state index in [0.29, 0.717) is 25.9 Å². The van der Waals surface area contributed by atoms with E-state index >= 15 is 0 Å². The third-order valence-electron chi connectivity index (χ3n) is 3.75. The molecular formula is C14H26N2O4. The predicted octanol–water partition coefficient (Wildman–Crippen LogP) is 0.305. The predicted molar refractivity (Wildman–Crippen MR) is 75.2 cm³/mol. The molecule has 0 saturated carbocycles. The average molecular weight is 286 g/mol. The lowest BCUT2D eigenvalue weighted by Gasteiger charge is -2.39. The van der Waals surface area contributed by atoms with Crippen LogP contribution in [-0.2, 0) is 9.59 Å². The zero-order valence-electron chi connectivity index (χ0n) is 12.5. The van der Waals surface area contributed by atoms with E-state index in [1.807, 2.05) is 20.8 Å². The van der Waals surface area contributed by atoms with Crippen LogP contribution >= 0.6 is 0 Å². The molecule has 1 aliphatic rings. The van der Waals surface area contributed by atoms with Crippen LogP contribution in [-0.4, -0.2) is 58.8 Å². The Labute approximate surface area is 120 Å². The van der Waals surface area contributed by atoms with Gasteiger partial charge in [-0.15, -0.1) is 0 Å². The van der Waals surface area contributed by atoms with Gasteiger partial charge in [-0.05, 0) is 18.8 Å². The van der Waals surface area contributed by atoms with Crippen LogP contribution in [0.25, 0.3) is 0 Å². The van der Waals surface area contributed by atoms with E-state index in [4.69, 9.17) is 5.11 Å². The Kier molecular flexibility index (Phi) is 6.42. The number of piperidine rings is 1. The fraction of sp³-hybridized carbons (Fsp3) is 0.857. The van der Waals surface area contributed by atoms with Crippen LogP contribution in [0.4, 0.5) is 0 Å². The van der Waals surface area contributed by atoms with Crippen LogP contribution in [0.1, 0.15) is 33.6 Å². The molecule has 0 aromatic rings. The lowest BCUT2D eigenvalue weighted by atomic mass is 9.88. The van der Waals surface area contributed by atoms with Crippen LogP contribution in [0.5, 0.6) is 0 Å². The van der Waals surface area contributed by atoms with Gasteiger partial charge in [0.2, 0.25) is 5.91 Å². The van der Waals surface area contributed by atoms with Gasteiger partial charge in [0.15, 0.2) is 0 Å². The Morgan fingerprint density at radius 2 is 2.00 bits per heavy atom. The highest BCUT2D eigenvalue weighted by molar-refractivity contribution is 5.78. The van der Waals surface area contributed by atoms with E-state index in [2.05, 4.69) is 5.32 Å². The van der Waals surface area contributed by atoms with Gasteiger partial charge in [-0.3, -0.25) is 14.5 Å². The van der Waals surface area contributed by atoms with Crippen molar-refractivity contribution in [1.29, 1.82) is 0 Å². The van der Waals surface area contributed by atoms with Gasteiger partial charge in [0, 0.05) is 25.0 Å². The third kappa shape index (κ3) is 5.09. The number of aliphatic carboxylic acids is 1. The average Bonchev–Trinajstić information content (AvgIpc) is 2.36. The van der Waals surface area contributed by atoms with Gasteiger partial charge < -0.3 is 15.5 Å². The number of rotatable bonds is 6. The van der Waals surface area contributed by atoms with Gasteiger partial charge in [0.25, 0.3) is 0 Å². The van der Waals surface area contributed by atoms with E-state index < -0.39 is 12.1 Å². The molecule has 3 atom stereocenters. The summed E-state index contributed by atoms with van der Waals surface area (Å²) >= 11 is 0. The molecule has 6 nitrogen and oxygen atoms in total. The second-order valence-electron chi connectivity index (χ2n) is 5.92. The zero-order chi connectivity index (χ0) is 15.3. The summed E-state index contributed by atoms with van der Waals surface area (Å²) in [5.41, 5.74) is 0. The first-order chi connectivity index (χ1) is 9.33. The van der Waals surface area contributed by atoms with Crippen molar-refractivity contribution >= 4 is 11.9 Å². The molecule has 0 bridgehead atoms. The molecule has 6 heteroatoms. The van der Waals surface area contributed by atoms with Crippen molar-refractivity contribution in [3.63, 3.8) is 0 Å². The first kappa shape index (κ1) is 16.9. The normalized spacial score (nSPS) is 25.4. The Morgan fingerprint density at radius 3 is 2.50 bits per heavy atom. The molecule has 0 radical (unpaired) electrons. The van der Waals surface area contributed by atoms with E-state index in [1.165, 1.54) is 0 Å². The second kappa shape index (κ2) is 7.59. The van der Waals surface area contributed by atoms with Crippen LogP contribution < -0.4 is 5.32 Å². The maximum atomic E-state index is 11.8. The summed E-state index contributed by atoms with van der Waals surface area (Å²) in [6.07, 6.45) is 0.880. The van der Waals surface area contributed by atoms with Gasteiger partial charge in [-0.2, -0.15) is 0 Å². The number of aliphatic hydroxyl groups is 1. The minimum absolute atomic E-state index is 0.00515. The van der Waals surface area contributed by atoms with Crippen molar-refractivity contribution in [3.8, 4) is 0 Å². The SMILES string of the molecule is CCC(O)C1CC(NC(=O)C(C)C)CN(CC(=O)O)C1. The molecule has 20 heavy (non-hydrogen) atoms. The maximum Gasteiger partial charge on any atom is 0.317 e. The zero-order valence-corrected chi connectivity index (χ0v) is 12.5. The molecule has 0 aliphatic carbocycles. The Balaban J connectivity index is 2.68. The molecule has 3 N–H and O–H groups in total. The summed E-state index contributed by atoms with van der Waals surface area (Å²) in [4.78, 5) is 24.4. The summed E-state index contributed by atoms with van der Waals surface area (Å²) in [6.45, 7) is 6.59. The first-order valence-electron chi connectivity index (χ1n) is 7.26.